The van der Waals surface area contributed by atoms with E-state index in [0.29, 0.717) is 15.6 Å². The second kappa shape index (κ2) is 8.78. The summed E-state index contributed by atoms with van der Waals surface area (Å²) in [5, 5.41) is 20.8. The maximum absolute atomic E-state index is 10.1. The topological polar surface area (TPSA) is 40.5 Å². The van der Waals surface area contributed by atoms with E-state index < -0.39 is 6.10 Å². The van der Waals surface area contributed by atoms with Crippen molar-refractivity contribution >= 4 is 23.2 Å². The molecule has 2 aromatic carbocycles. The number of aliphatic hydroxyl groups is 1. The highest BCUT2D eigenvalue weighted by atomic mass is 35.5. The average Bonchev–Trinajstić information content (AvgIpc) is 2.64. The highest BCUT2D eigenvalue weighted by Crippen LogP contribution is 2.42. The SMILES string of the molecule is CCC(CC)(c1ccc(O)c(Cl)c1)c1ccc(C#CC(O)C(C)(C)C)c(Cl)c1. The van der Waals surface area contributed by atoms with Gasteiger partial charge in [-0.1, -0.05) is 81.8 Å². The predicted molar refractivity (Wildman–Crippen MR) is 118 cm³/mol. The van der Waals surface area contributed by atoms with E-state index in [1.165, 1.54) is 0 Å². The molecule has 1 atom stereocenters. The van der Waals surface area contributed by atoms with E-state index in [0.717, 1.165) is 24.0 Å². The second-order valence-corrected chi connectivity index (χ2v) is 9.00. The molecule has 2 aromatic rings. The van der Waals surface area contributed by atoms with Crippen molar-refractivity contribution in [3.05, 3.63) is 63.1 Å². The Labute approximate surface area is 178 Å². The number of rotatable bonds is 4. The van der Waals surface area contributed by atoms with Crippen molar-refractivity contribution in [3.8, 4) is 17.6 Å². The van der Waals surface area contributed by atoms with E-state index in [1.54, 1.807) is 6.07 Å². The van der Waals surface area contributed by atoms with Crippen molar-refractivity contribution in [2.75, 3.05) is 0 Å². The van der Waals surface area contributed by atoms with Gasteiger partial charge >= 0.3 is 0 Å². The molecular weight excluding hydrogens is 391 g/mol. The zero-order valence-corrected chi connectivity index (χ0v) is 18.6. The first kappa shape index (κ1) is 22.6. The van der Waals surface area contributed by atoms with Crippen molar-refractivity contribution in [2.24, 2.45) is 5.41 Å². The van der Waals surface area contributed by atoms with E-state index >= 15 is 0 Å². The fourth-order valence-corrected chi connectivity index (χ4v) is 3.72. The van der Waals surface area contributed by atoms with Gasteiger partial charge in [0.1, 0.15) is 11.9 Å². The van der Waals surface area contributed by atoms with Crippen LogP contribution in [0.1, 0.15) is 64.2 Å². The first-order valence-electron chi connectivity index (χ1n) is 9.53. The van der Waals surface area contributed by atoms with Crippen molar-refractivity contribution in [1.82, 2.24) is 0 Å². The molecule has 0 saturated heterocycles. The normalized spacial score (nSPS) is 13.0. The van der Waals surface area contributed by atoms with E-state index in [9.17, 15) is 10.2 Å². The third-order valence-corrected chi connectivity index (χ3v) is 6.01. The Morgan fingerprint density at radius 2 is 1.46 bits per heavy atom. The van der Waals surface area contributed by atoms with Gasteiger partial charge in [-0.05, 0) is 53.6 Å². The Hall–Kier alpha value is -1.66. The molecular formula is C24H28Cl2O2. The van der Waals surface area contributed by atoms with Gasteiger partial charge in [0.05, 0.1) is 10.0 Å². The van der Waals surface area contributed by atoms with Crippen LogP contribution in [0, 0.1) is 17.3 Å². The molecule has 0 aliphatic heterocycles. The van der Waals surface area contributed by atoms with E-state index in [-0.39, 0.29) is 16.6 Å². The maximum Gasteiger partial charge on any atom is 0.134 e. The van der Waals surface area contributed by atoms with E-state index in [2.05, 4.69) is 25.7 Å². The smallest absolute Gasteiger partial charge is 0.134 e. The van der Waals surface area contributed by atoms with E-state index in [1.807, 2.05) is 51.1 Å². The fourth-order valence-electron chi connectivity index (χ4n) is 3.31. The van der Waals surface area contributed by atoms with Crippen LogP contribution in [-0.4, -0.2) is 16.3 Å². The van der Waals surface area contributed by atoms with Crippen molar-refractivity contribution in [1.29, 1.82) is 0 Å². The Balaban J connectivity index is 2.49. The quantitative estimate of drug-likeness (QED) is 0.551. The van der Waals surface area contributed by atoms with Crippen LogP contribution in [0.5, 0.6) is 5.75 Å². The first-order chi connectivity index (χ1) is 13.0. The Morgan fingerprint density at radius 3 is 1.93 bits per heavy atom. The van der Waals surface area contributed by atoms with Crippen molar-refractivity contribution in [3.63, 3.8) is 0 Å². The highest BCUT2D eigenvalue weighted by Gasteiger charge is 2.31. The Kier molecular flexibility index (Phi) is 7.10. The Morgan fingerprint density at radius 1 is 0.929 bits per heavy atom. The number of hydrogen-bond donors (Lipinski definition) is 2. The highest BCUT2D eigenvalue weighted by molar-refractivity contribution is 6.32. The molecule has 2 nitrogen and oxygen atoms in total. The number of benzene rings is 2. The van der Waals surface area contributed by atoms with Gasteiger partial charge in [-0.25, -0.2) is 0 Å². The molecule has 0 aliphatic rings. The number of aliphatic hydroxyl groups excluding tert-OH is 1. The van der Waals surface area contributed by atoms with Gasteiger partial charge in [0.25, 0.3) is 0 Å². The first-order valence-corrected chi connectivity index (χ1v) is 10.3. The van der Waals surface area contributed by atoms with Crippen LogP contribution >= 0.6 is 23.2 Å². The van der Waals surface area contributed by atoms with Gasteiger partial charge in [-0.15, -0.1) is 0 Å². The molecule has 0 bridgehead atoms. The average molecular weight is 419 g/mol. The number of aromatic hydroxyl groups is 1. The summed E-state index contributed by atoms with van der Waals surface area (Å²) in [5.41, 5.74) is 2.23. The van der Waals surface area contributed by atoms with Crippen LogP contribution in [0.4, 0.5) is 0 Å². The summed E-state index contributed by atoms with van der Waals surface area (Å²) in [6.45, 7) is 10.1. The van der Waals surface area contributed by atoms with Crippen LogP contribution in [0.3, 0.4) is 0 Å². The lowest BCUT2D eigenvalue weighted by atomic mass is 9.70. The summed E-state index contributed by atoms with van der Waals surface area (Å²) in [6.07, 6.45) is 0.983. The molecule has 0 spiro atoms. The molecule has 0 aromatic heterocycles. The van der Waals surface area contributed by atoms with Crippen LogP contribution in [0.15, 0.2) is 36.4 Å². The summed E-state index contributed by atoms with van der Waals surface area (Å²) in [4.78, 5) is 0. The molecule has 0 saturated carbocycles. The number of hydrogen-bond acceptors (Lipinski definition) is 2. The molecule has 0 fully saturated rings. The zero-order valence-electron chi connectivity index (χ0n) is 17.1. The molecule has 4 heteroatoms. The monoisotopic (exact) mass is 418 g/mol. The van der Waals surface area contributed by atoms with Crippen molar-refractivity contribution in [2.45, 2.75) is 59.0 Å². The fraction of sp³-hybridized carbons (Fsp3) is 0.417. The van der Waals surface area contributed by atoms with Crippen LogP contribution in [0.2, 0.25) is 10.0 Å². The molecule has 28 heavy (non-hydrogen) atoms. The summed E-state index contributed by atoms with van der Waals surface area (Å²) in [7, 11) is 0. The molecule has 150 valence electrons. The Bertz CT molecular complexity index is 897. The number of phenolic OH excluding ortho intramolecular Hbond substituents is 1. The lowest BCUT2D eigenvalue weighted by Gasteiger charge is -2.33. The van der Waals surface area contributed by atoms with Crippen LogP contribution < -0.4 is 0 Å². The van der Waals surface area contributed by atoms with Gasteiger partial charge in [-0.2, -0.15) is 0 Å². The minimum Gasteiger partial charge on any atom is -0.506 e. The predicted octanol–water partition coefficient (Wildman–Crippen LogP) is 6.56. The molecule has 0 amide bonds. The molecule has 2 rings (SSSR count). The van der Waals surface area contributed by atoms with Gasteiger partial charge in [-0.3, -0.25) is 0 Å². The minimum absolute atomic E-state index is 0.0765. The molecule has 0 heterocycles. The van der Waals surface area contributed by atoms with Crippen molar-refractivity contribution < 1.29 is 10.2 Å². The standard InChI is InChI=1S/C24H28Cl2O2/c1-6-24(7-2,18-11-12-21(27)20(26)15-18)17-10-8-16(19(25)14-17)9-13-22(28)23(3,4)5/h8,10-12,14-15,22,27-28H,6-7H2,1-5H3. The largest absolute Gasteiger partial charge is 0.506 e. The summed E-state index contributed by atoms with van der Waals surface area (Å²) < 4.78 is 0. The summed E-state index contributed by atoms with van der Waals surface area (Å²) >= 11 is 12.7. The third kappa shape index (κ3) is 4.66. The van der Waals surface area contributed by atoms with Gasteiger partial charge < -0.3 is 10.2 Å². The molecule has 2 N–H and O–H groups in total. The summed E-state index contributed by atoms with van der Waals surface area (Å²) in [6, 6.07) is 11.3. The van der Waals surface area contributed by atoms with Crippen LogP contribution in [0.25, 0.3) is 0 Å². The lowest BCUT2D eigenvalue weighted by molar-refractivity contribution is 0.114. The third-order valence-electron chi connectivity index (χ3n) is 5.39. The van der Waals surface area contributed by atoms with E-state index in [4.69, 9.17) is 23.2 Å². The number of halogens is 2. The lowest BCUT2D eigenvalue weighted by Crippen LogP contribution is -2.26. The minimum atomic E-state index is -0.729. The van der Waals surface area contributed by atoms with Gasteiger partial charge in [0.2, 0.25) is 0 Å². The van der Waals surface area contributed by atoms with Gasteiger partial charge in [0, 0.05) is 11.0 Å². The molecule has 1 unspecified atom stereocenters. The maximum atomic E-state index is 10.1. The summed E-state index contributed by atoms with van der Waals surface area (Å²) in [5.74, 6) is 5.97. The second-order valence-electron chi connectivity index (χ2n) is 8.19. The molecule has 0 radical (unpaired) electrons. The number of phenols is 1. The zero-order chi connectivity index (χ0) is 21.1. The molecule has 0 aliphatic carbocycles. The van der Waals surface area contributed by atoms with Crippen LogP contribution in [-0.2, 0) is 5.41 Å². The van der Waals surface area contributed by atoms with Gasteiger partial charge in [0.15, 0.2) is 0 Å².